The molecular formula is C25H24N6O2. The minimum absolute atomic E-state index is 0.0234. The van der Waals surface area contributed by atoms with Crippen molar-refractivity contribution in [1.29, 1.82) is 0 Å². The Morgan fingerprint density at radius 2 is 1.79 bits per heavy atom. The molecule has 0 atom stereocenters. The molecule has 0 radical (unpaired) electrons. The molecule has 166 valence electrons. The number of nitrogens with one attached hydrogen (secondary N) is 1. The number of likely N-dealkylation sites (N-methyl/N-ethyl adjacent to an activating group) is 1. The van der Waals surface area contributed by atoms with Gasteiger partial charge in [0.2, 0.25) is 0 Å². The standard InChI is InChI=1S/C25H24N6O2/c1-30-11-13-31(14-12-30)20-7-4-18(5-8-20)27-24(17-3-2-10-26-16-17)23-21-9-6-19(29-33)15-22(21)28-25(23)32/h2-10,15-16,28,32H,11-14H2,1H3. The van der Waals surface area contributed by atoms with Crippen LogP contribution in [0.15, 0.2) is 77.2 Å². The van der Waals surface area contributed by atoms with E-state index in [1.165, 1.54) is 5.69 Å². The van der Waals surface area contributed by atoms with Gasteiger partial charge in [0.25, 0.3) is 0 Å². The van der Waals surface area contributed by atoms with Gasteiger partial charge >= 0.3 is 0 Å². The largest absolute Gasteiger partial charge is 0.494 e. The molecule has 1 aliphatic rings. The highest BCUT2D eigenvalue weighted by molar-refractivity contribution is 6.21. The molecular weight excluding hydrogens is 416 g/mol. The van der Waals surface area contributed by atoms with Crippen molar-refractivity contribution in [1.82, 2.24) is 14.9 Å². The van der Waals surface area contributed by atoms with Crippen molar-refractivity contribution in [2.45, 2.75) is 0 Å². The van der Waals surface area contributed by atoms with Crippen LogP contribution in [-0.4, -0.2) is 58.9 Å². The predicted octanol–water partition coefficient (Wildman–Crippen LogP) is 4.59. The number of aliphatic imine (C=N–C) groups is 1. The van der Waals surface area contributed by atoms with Crippen LogP contribution in [0, 0.1) is 4.91 Å². The molecule has 2 N–H and O–H groups in total. The third-order valence-corrected chi connectivity index (χ3v) is 6.00. The summed E-state index contributed by atoms with van der Waals surface area (Å²) in [4.78, 5) is 27.7. The lowest BCUT2D eigenvalue weighted by molar-refractivity contribution is 0.313. The van der Waals surface area contributed by atoms with Crippen LogP contribution < -0.4 is 4.90 Å². The lowest BCUT2D eigenvalue weighted by Gasteiger charge is -2.34. The predicted molar refractivity (Wildman–Crippen MR) is 131 cm³/mol. The van der Waals surface area contributed by atoms with Crippen molar-refractivity contribution in [2.75, 3.05) is 38.1 Å². The molecule has 1 saturated heterocycles. The molecule has 0 amide bonds. The van der Waals surface area contributed by atoms with Crippen LogP contribution in [0.2, 0.25) is 0 Å². The Kier molecular flexibility index (Phi) is 5.58. The Morgan fingerprint density at radius 1 is 1.03 bits per heavy atom. The highest BCUT2D eigenvalue weighted by Gasteiger charge is 2.19. The summed E-state index contributed by atoms with van der Waals surface area (Å²) in [5.41, 5.74) is 4.76. The highest BCUT2D eigenvalue weighted by atomic mass is 16.3. The second-order valence-electron chi connectivity index (χ2n) is 8.18. The lowest BCUT2D eigenvalue weighted by atomic mass is 10.0. The van der Waals surface area contributed by atoms with Crippen LogP contribution in [0.1, 0.15) is 11.1 Å². The Bertz CT molecular complexity index is 1310. The average molecular weight is 441 g/mol. The summed E-state index contributed by atoms with van der Waals surface area (Å²) in [5, 5.41) is 14.5. The molecule has 33 heavy (non-hydrogen) atoms. The number of fused-ring (bicyclic) bond motifs is 1. The van der Waals surface area contributed by atoms with E-state index in [4.69, 9.17) is 4.99 Å². The number of aromatic nitrogens is 2. The second-order valence-corrected chi connectivity index (χ2v) is 8.18. The monoisotopic (exact) mass is 440 g/mol. The summed E-state index contributed by atoms with van der Waals surface area (Å²) in [5.74, 6) is -0.0234. The van der Waals surface area contributed by atoms with Gasteiger partial charge in [0.05, 0.1) is 22.5 Å². The first-order valence-electron chi connectivity index (χ1n) is 10.8. The smallest absolute Gasteiger partial charge is 0.199 e. The first-order valence-corrected chi connectivity index (χ1v) is 10.8. The SMILES string of the molecule is CN1CCN(c2ccc(N=C(c3cccnc3)c3c(O)[nH]c4cc(N=O)ccc34)cc2)CC1. The maximum absolute atomic E-state index is 10.9. The Labute approximate surface area is 191 Å². The zero-order valence-corrected chi connectivity index (χ0v) is 18.3. The number of aromatic hydroxyl groups is 1. The number of H-pyrrole nitrogens is 1. The van der Waals surface area contributed by atoms with E-state index in [1.54, 1.807) is 30.6 Å². The first kappa shape index (κ1) is 20.8. The van der Waals surface area contributed by atoms with Crippen LogP contribution in [0.4, 0.5) is 17.1 Å². The van der Waals surface area contributed by atoms with Crippen LogP contribution in [0.5, 0.6) is 5.88 Å². The molecule has 1 aliphatic heterocycles. The van der Waals surface area contributed by atoms with Gasteiger partial charge in [-0.05, 0) is 66.8 Å². The van der Waals surface area contributed by atoms with Crippen LogP contribution >= 0.6 is 0 Å². The van der Waals surface area contributed by atoms with Gasteiger partial charge in [0.15, 0.2) is 5.88 Å². The minimum Gasteiger partial charge on any atom is -0.494 e. The van der Waals surface area contributed by atoms with Gasteiger partial charge in [-0.25, -0.2) is 4.99 Å². The molecule has 0 saturated carbocycles. The van der Waals surface area contributed by atoms with Crippen molar-refractivity contribution >= 4 is 33.7 Å². The van der Waals surface area contributed by atoms with Gasteiger partial charge in [-0.15, -0.1) is 4.91 Å². The Morgan fingerprint density at radius 3 is 2.48 bits per heavy atom. The van der Waals surface area contributed by atoms with Gasteiger partial charge in [-0.2, -0.15) is 0 Å². The van der Waals surface area contributed by atoms with E-state index >= 15 is 0 Å². The summed E-state index contributed by atoms with van der Waals surface area (Å²) in [6.07, 6.45) is 3.42. The van der Waals surface area contributed by atoms with E-state index in [1.807, 2.05) is 24.3 Å². The minimum atomic E-state index is -0.0234. The lowest BCUT2D eigenvalue weighted by Crippen LogP contribution is -2.44. The number of nitrogens with zero attached hydrogens (tertiary/aromatic N) is 5. The summed E-state index contributed by atoms with van der Waals surface area (Å²) >= 11 is 0. The normalized spacial score (nSPS) is 15.2. The number of hydrogen-bond donors (Lipinski definition) is 2. The molecule has 8 heteroatoms. The van der Waals surface area contributed by atoms with Crippen molar-refractivity contribution in [3.8, 4) is 5.88 Å². The molecule has 0 unspecified atom stereocenters. The highest BCUT2D eigenvalue weighted by Crippen LogP contribution is 2.33. The first-order chi connectivity index (χ1) is 16.1. The number of rotatable bonds is 5. The van der Waals surface area contributed by atoms with E-state index in [2.05, 4.69) is 44.1 Å². The van der Waals surface area contributed by atoms with E-state index in [-0.39, 0.29) is 11.6 Å². The molecule has 8 nitrogen and oxygen atoms in total. The summed E-state index contributed by atoms with van der Waals surface area (Å²) in [6.45, 7) is 4.10. The summed E-state index contributed by atoms with van der Waals surface area (Å²) < 4.78 is 0. The fourth-order valence-electron chi connectivity index (χ4n) is 4.17. The Hall–Kier alpha value is -4.04. The maximum atomic E-state index is 10.9. The molecule has 0 bridgehead atoms. The van der Waals surface area contributed by atoms with Crippen LogP contribution in [0.25, 0.3) is 10.9 Å². The van der Waals surface area contributed by atoms with Crippen molar-refractivity contribution in [3.05, 3.63) is 83.0 Å². The van der Waals surface area contributed by atoms with Gasteiger partial charge in [-0.1, -0.05) is 0 Å². The zero-order chi connectivity index (χ0) is 22.8. The van der Waals surface area contributed by atoms with Gasteiger partial charge in [0, 0.05) is 55.2 Å². The summed E-state index contributed by atoms with van der Waals surface area (Å²) in [6, 6.07) is 16.9. The summed E-state index contributed by atoms with van der Waals surface area (Å²) in [7, 11) is 2.14. The number of hydrogen-bond acceptors (Lipinski definition) is 7. The second kappa shape index (κ2) is 8.84. The van der Waals surface area contributed by atoms with Crippen molar-refractivity contribution in [3.63, 3.8) is 0 Å². The van der Waals surface area contributed by atoms with Crippen LogP contribution in [-0.2, 0) is 0 Å². The zero-order valence-electron chi connectivity index (χ0n) is 18.3. The molecule has 4 aromatic rings. The molecule has 2 aromatic heterocycles. The molecule has 2 aromatic carbocycles. The number of piperazine rings is 1. The molecule has 1 fully saturated rings. The quantitative estimate of drug-likeness (QED) is 0.350. The van der Waals surface area contributed by atoms with E-state index in [0.29, 0.717) is 16.8 Å². The topological polar surface area (TPSA) is 97.2 Å². The molecule has 3 heterocycles. The molecule has 0 spiro atoms. The third kappa shape index (κ3) is 4.20. The van der Waals surface area contributed by atoms with Gasteiger partial charge in [-0.3, -0.25) is 4.98 Å². The van der Waals surface area contributed by atoms with E-state index in [0.717, 1.165) is 42.8 Å². The van der Waals surface area contributed by atoms with Crippen molar-refractivity contribution in [2.24, 2.45) is 10.2 Å². The third-order valence-electron chi connectivity index (χ3n) is 6.00. The number of pyridine rings is 1. The fourth-order valence-corrected chi connectivity index (χ4v) is 4.17. The van der Waals surface area contributed by atoms with Crippen molar-refractivity contribution < 1.29 is 5.11 Å². The number of anilines is 1. The number of nitroso groups, excluding NO2 is 1. The number of benzene rings is 2. The van der Waals surface area contributed by atoms with Gasteiger partial charge < -0.3 is 19.9 Å². The van der Waals surface area contributed by atoms with Crippen LogP contribution in [0.3, 0.4) is 0 Å². The van der Waals surface area contributed by atoms with Gasteiger partial charge in [0.1, 0.15) is 5.69 Å². The van der Waals surface area contributed by atoms with E-state index in [9.17, 15) is 10.0 Å². The molecule has 5 rings (SSSR count). The number of aromatic amines is 1. The molecule has 0 aliphatic carbocycles. The Balaban J connectivity index is 1.56. The van der Waals surface area contributed by atoms with E-state index < -0.39 is 0 Å². The fraction of sp³-hybridized carbons (Fsp3) is 0.200. The average Bonchev–Trinajstić information content (AvgIpc) is 3.18. The maximum Gasteiger partial charge on any atom is 0.199 e.